The molecule has 0 atom stereocenters. The predicted octanol–water partition coefficient (Wildman–Crippen LogP) is 3.09. The van der Waals surface area contributed by atoms with E-state index < -0.39 is 6.36 Å². The highest BCUT2D eigenvalue weighted by atomic mass is 79.9. The van der Waals surface area contributed by atoms with Crippen LogP contribution in [0.2, 0.25) is 0 Å². The summed E-state index contributed by atoms with van der Waals surface area (Å²) in [5.74, 6) is -0.277. The summed E-state index contributed by atoms with van der Waals surface area (Å²) >= 11 is 3.05. The third-order valence-corrected chi connectivity index (χ3v) is 2.05. The van der Waals surface area contributed by atoms with E-state index in [0.29, 0.717) is 5.52 Å². The van der Waals surface area contributed by atoms with E-state index in [1.165, 1.54) is 21.9 Å². The van der Waals surface area contributed by atoms with Gasteiger partial charge in [0, 0.05) is 17.6 Å². The second kappa shape index (κ2) is 3.41. The highest BCUT2D eigenvalue weighted by molar-refractivity contribution is 9.08. The molecule has 15 heavy (non-hydrogen) atoms. The molecule has 1 aromatic carbocycles. The van der Waals surface area contributed by atoms with Crippen molar-refractivity contribution in [2.75, 3.05) is 0 Å². The van der Waals surface area contributed by atoms with Crippen LogP contribution in [0.25, 0.3) is 10.9 Å². The Morgan fingerprint density at radius 3 is 2.73 bits per heavy atom. The Hall–Kier alpha value is -1.24. The lowest BCUT2D eigenvalue weighted by molar-refractivity contribution is -0.274. The molecule has 0 saturated carbocycles. The van der Waals surface area contributed by atoms with E-state index in [0.717, 1.165) is 5.39 Å². The number of alkyl halides is 3. The average molecular weight is 281 g/mol. The van der Waals surface area contributed by atoms with E-state index in [-0.39, 0.29) is 5.75 Å². The minimum Gasteiger partial charge on any atom is -0.406 e. The Bertz CT molecular complexity index is 494. The van der Waals surface area contributed by atoms with Crippen LogP contribution in [-0.2, 0) is 0 Å². The fourth-order valence-corrected chi connectivity index (χ4v) is 1.55. The maximum atomic E-state index is 11.9. The van der Waals surface area contributed by atoms with Crippen LogP contribution >= 0.6 is 16.1 Å². The Kier molecular flexibility index (Phi) is 2.34. The molecule has 0 spiro atoms. The number of aromatic nitrogens is 2. The van der Waals surface area contributed by atoms with Crippen molar-refractivity contribution in [1.29, 1.82) is 0 Å². The molecular weight excluding hydrogens is 277 g/mol. The van der Waals surface area contributed by atoms with Gasteiger partial charge < -0.3 is 4.74 Å². The smallest absolute Gasteiger partial charge is 0.406 e. The van der Waals surface area contributed by atoms with Crippen LogP contribution < -0.4 is 4.74 Å². The van der Waals surface area contributed by atoms with Crippen molar-refractivity contribution >= 4 is 27.1 Å². The molecule has 3 nitrogen and oxygen atoms in total. The molecule has 0 fully saturated rings. The van der Waals surface area contributed by atoms with Gasteiger partial charge in [-0.05, 0) is 12.1 Å². The molecule has 0 aliphatic rings. The van der Waals surface area contributed by atoms with Gasteiger partial charge in [-0.25, -0.2) is 3.71 Å². The summed E-state index contributed by atoms with van der Waals surface area (Å²) in [4.78, 5) is 0. The van der Waals surface area contributed by atoms with Crippen molar-refractivity contribution in [1.82, 2.24) is 8.81 Å². The van der Waals surface area contributed by atoms with Crippen LogP contribution in [-0.4, -0.2) is 15.2 Å². The van der Waals surface area contributed by atoms with E-state index in [9.17, 15) is 13.2 Å². The Labute approximate surface area is 90.8 Å². The molecule has 0 bridgehead atoms. The third kappa shape index (κ3) is 2.41. The lowest BCUT2D eigenvalue weighted by atomic mass is 10.2. The second-order valence-electron chi connectivity index (χ2n) is 2.79. The quantitative estimate of drug-likeness (QED) is 0.803. The van der Waals surface area contributed by atoms with Crippen molar-refractivity contribution < 1.29 is 17.9 Å². The normalized spacial score (nSPS) is 12.0. The summed E-state index contributed by atoms with van der Waals surface area (Å²) < 4.78 is 40.8. The van der Waals surface area contributed by atoms with Crippen LogP contribution in [0.15, 0.2) is 24.4 Å². The van der Waals surface area contributed by atoms with E-state index in [1.54, 1.807) is 6.20 Å². The summed E-state index contributed by atoms with van der Waals surface area (Å²) in [5.41, 5.74) is 0.425. The predicted molar refractivity (Wildman–Crippen MR) is 50.7 cm³/mol. The summed E-state index contributed by atoms with van der Waals surface area (Å²) in [6, 6.07) is 3.96. The minimum absolute atomic E-state index is 0.277. The maximum absolute atomic E-state index is 11.9. The van der Waals surface area contributed by atoms with E-state index in [1.807, 2.05) is 0 Å². The minimum atomic E-state index is -4.68. The number of nitrogens with zero attached hydrogens (tertiary/aromatic N) is 2. The van der Waals surface area contributed by atoms with Crippen molar-refractivity contribution in [2.45, 2.75) is 6.36 Å². The van der Waals surface area contributed by atoms with Crippen LogP contribution in [0.4, 0.5) is 13.2 Å². The van der Waals surface area contributed by atoms with Gasteiger partial charge in [0.25, 0.3) is 0 Å². The molecule has 0 aliphatic carbocycles. The van der Waals surface area contributed by atoms with Crippen molar-refractivity contribution in [3.05, 3.63) is 24.4 Å². The number of ether oxygens (including phenoxy) is 1. The first-order chi connectivity index (χ1) is 6.94. The van der Waals surface area contributed by atoms with Gasteiger partial charge in [0.1, 0.15) is 5.75 Å². The first kappa shape index (κ1) is 10.3. The molecule has 0 aliphatic heterocycles. The number of fused-ring (bicyclic) bond motifs is 1. The van der Waals surface area contributed by atoms with Gasteiger partial charge in [-0.1, -0.05) is 0 Å². The molecule has 0 N–H and O–H groups in total. The third-order valence-electron chi connectivity index (χ3n) is 1.68. The van der Waals surface area contributed by atoms with Crippen molar-refractivity contribution in [3.63, 3.8) is 0 Å². The molecule has 0 radical (unpaired) electrons. The lowest BCUT2D eigenvalue weighted by Gasteiger charge is -2.07. The fourth-order valence-electron chi connectivity index (χ4n) is 1.16. The summed E-state index contributed by atoms with van der Waals surface area (Å²) in [6.45, 7) is 0. The Morgan fingerprint density at radius 1 is 1.33 bits per heavy atom. The van der Waals surface area contributed by atoms with E-state index in [2.05, 4.69) is 26.0 Å². The van der Waals surface area contributed by atoms with E-state index >= 15 is 0 Å². The van der Waals surface area contributed by atoms with Crippen molar-refractivity contribution in [3.8, 4) is 5.75 Å². The SMILES string of the molecule is FC(F)(F)Oc1ccc2cn(Br)nc2c1. The molecule has 2 aromatic rings. The van der Waals surface area contributed by atoms with Gasteiger partial charge in [-0.3, -0.25) is 0 Å². The molecule has 2 rings (SSSR count). The maximum Gasteiger partial charge on any atom is 0.573 e. The zero-order chi connectivity index (χ0) is 11.1. The molecule has 0 saturated heterocycles. The van der Waals surface area contributed by atoms with Crippen LogP contribution in [0.3, 0.4) is 0 Å². The summed E-state index contributed by atoms with van der Waals surface area (Å²) in [5, 5.41) is 4.61. The van der Waals surface area contributed by atoms with E-state index in [4.69, 9.17) is 0 Å². The highest BCUT2D eigenvalue weighted by Gasteiger charge is 2.31. The number of halogens is 4. The number of hydrogen-bond acceptors (Lipinski definition) is 2. The number of rotatable bonds is 1. The molecule has 0 unspecified atom stereocenters. The largest absolute Gasteiger partial charge is 0.573 e. The fraction of sp³-hybridized carbons (Fsp3) is 0.125. The monoisotopic (exact) mass is 280 g/mol. The van der Waals surface area contributed by atoms with Gasteiger partial charge in [0.2, 0.25) is 0 Å². The molecule has 1 aromatic heterocycles. The molecule has 80 valence electrons. The van der Waals surface area contributed by atoms with Gasteiger partial charge in [-0.2, -0.15) is 5.10 Å². The molecule has 0 amide bonds. The summed E-state index contributed by atoms with van der Waals surface area (Å²) in [7, 11) is 0. The zero-order valence-electron chi connectivity index (χ0n) is 7.12. The molecule has 1 heterocycles. The Balaban J connectivity index is 2.38. The van der Waals surface area contributed by atoms with Gasteiger partial charge >= 0.3 is 6.36 Å². The first-order valence-electron chi connectivity index (χ1n) is 3.85. The van der Waals surface area contributed by atoms with Gasteiger partial charge in [-0.15, -0.1) is 13.2 Å². The Morgan fingerprint density at radius 2 is 2.07 bits per heavy atom. The van der Waals surface area contributed by atoms with Crippen LogP contribution in [0.1, 0.15) is 0 Å². The highest BCUT2D eigenvalue weighted by Crippen LogP contribution is 2.25. The molecular formula is C8H4BrF3N2O. The number of hydrogen-bond donors (Lipinski definition) is 0. The zero-order valence-corrected chi connectivity index (χ0v) is 8.71. The van der Waals surface area contributed by atoms with Crippen LogP contribution in [0, 0.1) is 0 Å². The summed E-state index contributed by atoms with van der Waals surface area (Å²) in [6.07, 6.45) is -3.04. The van der Waals surface area contributed by atoms with Crippen molar-refractivity contribution in [2.24, 2.45) is 0 Å². The number of benzene rings is 1. The second-order valence-corrected chi connectivity index (χ2v) is 3.51. The first-order valence-corrected chi connectivity index (χ1v) is 4.56. The van der Waals surface area contributed by atoms with Gasteiger partial charge in [0.15, 0.2) is 0 Å². The molecule has 7 heteroatoms. The van der Waals surface area contributed by atoms with Gasteiger partial charge in [0.05, 0.1) is 21.7 Å². The topological polar surface area (TPSA) is 27.1 Å². The standard InChI is InChI=1S/C8H4BrF3N2O/c9-14-4-5-1-2-6(3-7(5)13-14)15-8(10,11)12/h1-4H. The lowest BCUT2D eigenvalue weighted by Crippen LogP contribution is -2.16. The average Bonchev–Trinajstić information content (AvgIpc) is 2.40. The van der Waals surface area contributed by atoms with Crippen LogP contribution in [0.5, 0.6) is 5.75 Å².